The minimum absolute atomic E-state index is 0.0846. The number of urea groups is 1. The quantitative estimate of drug-likeness (QED) is 0.911. The number of hydrogen-bond donors (Lipinski definition) is 2. The van der Waals surface area contributed by atoms with Crippen LogP contribution < -0.4 is 5.32 Å². The lowest BCUT2D eigenvalue weighted by Gasteiger charge is -2.38. The summed E-state index contributed by atoms with van der Waals surface area (Å²) in [5.41, 5.74) is 1.85. The van der Waals surface area contributed by atoms with E-state index in [1.807, 2.05) is 49.4 Å². The van der Waals surface area contributed by atoms with Crippen molar-refractivity contribution in [2.45, 2.75) is 31.9 Å². The maximum Gasteiger partial charge on any atom is 0.317 e. The number of carbonyl (C=O) groups is 1. The van der Waals surface area contributed by atoms with Crippen molar-refractivity contribution < 1.29 is 9.90 Å². The zero-order valence-electron chi connectivity index (χ0n) is 13.9. The highest BCUT2D eigenvalue weighted by atomic mass is 16.3. The van der Waals surface area contributed by atoms with E-state index in [4.69, 9.17) is 0 Å². The van der Waals surface area contributed by atoms with E-state index >= 15 is 0 Å². The summed E-state index contributed by atoms with van der Waals surface area (Å²) >= 11 is 0. The first-order valence-electron chi connectivity index (χ1n) is 8.30. The molecule has 24 heavy (non-hydrogen) atoms. The van der Waals surface area contributed by atoms with Crippen LogP contribution in [-0.2, 0) is 12.1 Å². The maximum atomic E-state index is 12.3. The molecule has 0 saturated carbocycles. The van der Waals surface area contributed by atoms with Crippen LogP contribution in [-0.4, -0.2) is 34.1 Å². The van der Waals surface area contributed by atoms with Gasteiger partial charge in [0.05, 0.1) is 5.69 Å². The summed E-state index contributed by atoms with van der Waals surface area (Å²) < 4.78 is 0. The van der Waals surface area contributed by atoms with Gasteiger partial charge in [0, 0.05) is 25.8 Å². The molecule has 0 radical (unpaired) electrons. The zero-order chi connectivity index (χ0) is 17.0. The van der Waals surface area contributed by atoms with Gasteiger partial charge in [-0.2, -0.15) is 0 Å². The number of piperidine rings is 1. The highest BCUT2D eigenvalue weighted by Gasteiger charge is 2.37. The Balaban J connectivity index is 1.56. The van der Waals surface area contributed by atoms with Crippen molar-refractivity contribution in [3.8, 4) is 0 Å². The molecule has 126 valence electrons. The molecule has 1 saturated heterocycles. The van der Waals surface area contributed by atoms with E-state index in [9.17, 15) is 9.90 Å². The number of nitrogens with one attached hydrogen (secondary N) is 1. The fourth-order valence-corrected chi connectivity index (χ4v) is 3.17. The molecule has 1 aromatic carbocycles. The third kappa shape index (κ3) is 3.57. The molecular formula is C19H23N3O2. The number of aliphatic hydroxyl groups is 1. The minimum atomic E-state index is -0.943. The minimum Gasteiger partial charge on any atom is -0.383 e. The molecule has 1 fully saturated rings. The molecular weight excluding hydrogens is 302 g/mol. The normalized spacial score (nSPS) is 16.7. The van der Waals surface area contributed by atoms with Gasteiger partial charge in [0.25, 0.3) is 0 Å². The molecule has 0 atom stereocenters. The average molecular weight is 325 g/mol. The number of benzene rings is 1. The molecule has 2 heterocycles. The van der Waals surface area contributed by atoms with Gasteiger partial charge in [-0.05, 0) is 37.0 Å². The van der Waals surface area contributed by atoms with E-state index < -0.39 is 5.60 Å². The van der Waals surface area contributed by atoms with Crippen LogP contribution in [0.5, 0.6) is 0 Å². The van der Waals surface area contributed by atoms with Gasteiger partial charge in [-0.15, -0.1) is 0 Å². The van der Waals surface area contributed by atoms with Crippen LogP contribution in [0.25, 0.3) is 0 Å². The van der Waals surface area contributed by atoms with Crippen LogP contribution in [0.3, 0.4) is 0 Å². The van der Waals surface area contributed by atoms with Crippen LogP contribution in [0, 0.1) is 6.92 Å². The first-order valence-corrected chi connectivity index (χ1v) is 8.30. The summed E-state index contributed by atoms with van der Waals surface area (Å²) in [5, 5.41) is 13.8. The van der Waals surface area contributed by atoms with Crippen LogP contribution in [0.2, 0.25) is 0 Å². The van der Waals surface area contributed by atoms with Crippen molar-refractivity contribution >= 4 is 6.03 Å². The van der Waals surface area contributed by atoms with Crippen molar-refractivity contribution in [2.75, 3.05) is 13.1 Å². The predicted molar refractivity (Wildman–Crippen MR) is 92.4 cm³/mol. The average Bonchev–Trinajstić information content (AvgIpc) is 2.61. The van der Waals surface area contributed by atoms with E-state index in [0.29, 0.717) is 32.5 Å². The monoisotopic (exact) mass is 325 g/mol. The summed E-state index contributed by atoms with van der Waals surface area (Å²) in [5.74, 6) is 0. The van der Waals surface area contributed by atoms with Gasteiger partial charge >= 0.3 is 6.03 Å². The first kappa shape index (κ1) is 16.5. The number of nitrogens with zero attached hydrogens (tertiary/aromatic N) is 2. The van der Waals surface area contributed by atoms with Crippen molar-refractivity contribution in [1.29, 1.82) is 0 Å². The number of likely N-dealkylation sites (tertiary alicyclic amines) is 1. The summed E-state index contributed by atoms with van der Waals surface area (Å²) in [6.07, 6.45) is 2.71. The van der Waals surface area contributed by atoms with E-state index in [2.05, 4.69) is 10.3 Å². The molecule has 5 heteroatoms. The van der Waals surface area contributed by atoms with Gasteiger partial charge in [0.15, 0.2) is 0 Å². The number of rotatable bonds is 3. The Morgan fingerprint density at radius 3 is 2.58 bits per heavy atom. The maximum absolute atomic E-state index is 12.3. The first-order chi connectivity index (χ1) is 11.6. The molecule has 0 unspecified atom stereocenters. The molecule has 3 rings (SSSR count). The van der Waals surface area contributed by atoms with Crippen molar-refractivity contribution in [3.63, 3.8) is 0 Å². The van der Waals surface area contributed by atoms with Gasteiger partial charge in [0.1, 0.15) is 5.60 Å². The van der Waals surface area contributed by atoms with E-state index in [1.165, 1.54) is 0 Å². The fourth-order valence-electron chi connectivity index (χ4n) is 3.17. The molecule has 1 aliphatic rings. The molecule has 0 spiro atoms. The van der Waals surface area contributed by atoms with Crippen LogP contribution in [0.4, 0.5) is 4.79 Å². The highest BCUT2D eigenvalue weighted by molar-refractivity contribution is 5.74. The molecule has 2 N–H and O–H groups in total. The lowest BCUT2D eigenvalue weighted by atomic mass is 9.86. The van der Waals surface area contributed by atoms with E-state index in [0.717, 1.165) is 16.8 Å². The molecule has 1 aliphatic heterocycles. The van der Waals surface area contributed by atoms with E-state index in [1.54, 1.807) is 11.1 Å². The molecule has 0 bridgehead atoms. The fraction of sp³-hybridized carbons (Fsp3) is 0.368. The van der Waals surface area contributed by atoms with Gasteiger partial charge in [-0.1, -0.05) is 36.4 Å². The zero-order valence-corrected chi connectivity index (χ0v) is 13.9. The van der Waals surface area contributed by atoms with Crippen molar-refractivity contribution in [1.82, 2.24) is 15.2 Å². The Morgan fingerprint density at radius 2 is 1.92 bits per heavy atom. The standard InChI is InChI=1S/C19H23N3O2/c1-15-6-5-11-20-17(15)19(24)9-12-22(13-10-19)18(23)21-14-16-7-3-2-4-8-16/h2-8,11,24H,9-10,12-14H2,1H3,(H,21,23). The topological polar surface area (TPSA) is 65.5 Å². The Bertz CT molecular complexity index is 695. The summed E-state index contributed by atoms with van der Waals surface area (Å²) in [6.45, 7) is 3.51. The molecule has 2 amide bonds. The Kier molecular flexibility index (Phi) is 4.81. The highest BCUT2D eigenvalue weighted by Crippen LogP contribution is 2.33. The third-order valence-electron chi connectivity index (χ3n) is 4.61. The van der Waals surface area contributed by atoms with Gasteiger partial charge in [-0.25, -0.2) is 4.79 Å². The second-order valence-electron chi connectivity index (χ2n) is 6.33. The van der Waals surface area contributed by atoms with Gasteiger partial charge in [-0.3, -0.25) is 4.98 Å². The van der Waals surface area contributed by atoms with Crippen LogP contribution in [0.15, 0.2) is 48.7 Å². The largest absolute Gasteiger partial charge is 0.383 e. The molecule has 0 aliphatic carbocycles. The summed E-state index contributed by atoms with van der Waals surface area (Å²) in [4.78, 5) is 18.4. The van der Waals surface area contributed by atoms with Crippen molar-refractivity contribution in [2.24, 2.45) is 0 Å². The lowest BCUT2D eigenvalue weighted by molar-refractivity contribution is -0.0209. The number of aryl methyl sites for hydroxylation is 1. The third-order valence-corrected chi connectivity index (χ3v) is 4.61. The van der Waals surface area contributed by atoms with Crippen LogP contribution >= 0.6 is 0 Å². The predicted octanol–water partition coefficient (Wildman–Crippen LogP) is 2.58. The summed E-state index contributed by atoms with van der Waals surface area (Å²) in [6, 6.07) is 13.6. The lowest BCUT2D eigenvalue weighted by Crippen LogP contribution is -2.49. The number of carbonyl (C=O) groups excluding carboxylic acids is 1. The second kappa shape index (κ2) is 7.01. The summed E-state index contributed by atoms with van der Waals surface area (Å²) in [7, 11) is 0. The number of aromatic nitrogens is 1. The number of hydrogen-bond acceptors (Lipinski definition) is 3. The Labute approximate surface area is 142 Å². The second-order valence-corrected chi connectivity index (χ2v) is 6.33. The van der Waals surface area contributed by atoms with E-state index in [-0.39, 0.29) is 6.03 Å². The molecule has 5 nitrogen and oxygen atoms in total. The number of pyridine rings is 1. The SMILES string of the molecule is Cc1cccnc1C1(O)CCN(C(=O)NCc2ccccc2)CC1. The Hall–Kier alpha value is -2.40. The van der Waals surface area contributed by atoms with Crippen LogP contribution in [0.1, 0.15) is 29.7 Å². The van der Waals surface area contributed by atoms with Gasteiger partial charge in [0.2, 0.25) is 0 Å². The number of amides is 2. The Morgan fingerprint density at radius 1 is 1.21 bits per heavy atom. The molecule has 1 aromatic heterocycles. The molecule has 2 aromatic rings. The van der Waals surface area contributed by atoms with Crippen molar-refractivity contribution in [3.05, 3.63) is 65.5 Å². The smallest absolute Gasteiger partial charge is 0.317 e. The van der Waals surface area contributed by atoms with Gasteiger partial charge < -0.3 is 15.3 Å².